The van der Waals surface area contributed by atoms with Crippen LogP contribution < -0.4 is 0 Å². The van der Waals surface area contributed by atoms with E-state index < -0.39 is 11.9 Å². The summed E-state index contributed by atoms with van der Waals surface area (Å²) in [6, 6.07) is 7.46. The van der Waals surface area contributed by atoms with Crippen LogP contribution in [0.5, 0.6) is 0 Å². The molecule has 1 aliphatic rings. The third-order valence-electron chi connectivity index (χ3n) is 3.43. The molecular weight excluding hydrogens is 228 g/mol. The van der Waals surface area contributed by atoms with Gasteiger partial charge in [0.15, 0.2) is 0 Å². The van der Waals surface area contributed by atoms with Crippen LogP contribution in [0.1, 0.15) is 30.4 Å². The Bertz CT molecular complexity index is 502. The summed E-state index contributed by atoms with van der Waals surface area (Å²) in [6.45, 7) is 1.67. The molecule has 0 amide bonds. The highest BCUT2D eigenvalue weighted by molar-refractivity contribution is 5.87. The molecule has 2 atom stereocenters. The second-order valence-electron chi connectivity index (χ2n) is 4.67. The second kappa shape index (κ2) is 5.17. The minimum Gasteiger partial charge on any atom is -0.481 e. The summed E-state index contributed by atoms with van der Waals surface area (Å²) in [5.41, 5.74) is 1.76. The Hall–Kier alpha value is -1.90. The lowest BCUT2D eigenvalue weighted by molar-refractivity contribution is -0.138. The van der Waals surface area contributed by atoms with E-state index in [2.05, 4.69) is 0 Å². The van der Waals surface area contributed by atoms with Crippen LogP contribution in [0.15, 0.2) is 36.4 Å². The van der Waals surface area contributed by atoms with Crippen molar-refractivity contribution in [3.63, 3.8) is 0 Å². The number of carbonyl (C=O) groups is 2. The third kappa shape index (κ3) is 2.50. The molecule has 0 aliphatic heterocycles. The molecular formula is C15H16O3. The Morgan fingerprint density at radius 3 is 2.78 bits per heavy atom. The lowest BCUT2D eigenvalue weighted by Gasteiger charge is -2.15. The average Bonchev–Trinajstić information content (AvgIpc) is 2.75. The van der Waals surface area contributed by atoms with E-state index in [1.807, 2.05) is 36.4 Å². The van der Waals surface area contributed by atoms with Crippen molar-refractivity contribution in [3.05, 3.63) is 47.5 Å². The quantitative estimate of drug-likeness (QED) is 0.828. The summed E-state index contributed by atoms with van der Waals surface area (Å²) in [6.07, 6.45) is 4.91. The zero-order valence-corrected chi connectivity index (χ0v) is 10.3. The molecule has 2 unspecified atom stereocenters. The molecule has 0 radical (unpaired) electrons. The van der Waals surface area contributed by atoms with Gasteiger partial charge in [0, 0.05) is 12.3 Å². The van der Waals surface area contributed by atoms with Crippen LogP contribution in [0, 0.1) is 5.92 Å². The first-order chi connectivity index (χ1) is 8.59. The number of hydrogen-bond donors (Lipinski definition) is 1. The van der Waals surface area contributed by atoms with E-state index in [9.17, 15) is 9.59 Å². The molecule has 0 aromatic heterocycles. The van der Waals surface area contributed by atoms with Crippen molar-refractivity contribution in [2.24, 2.45) is 5.92 Å². The fraction of sp³-hybridized carbons (Fsp3) is 0.333. The lowest BCUT2D eigenvalue weighted by atomic mass is 9.89. The first-order valence-corrected chi connectivity index (χ1v) is 6.09. The van der Waals surface area contributed by atoms with Crippen molar-refractivity contribution in [3.8, 4) is 0 Å². The van der Waals surface area contributed by atoms with Gasteiger partial charge in [-0.3, -0.25) is 9.59 Å². The Labute approximate surface area is 106 Å². The summed E-state index contributed by atoms with van der Waals surface area (Å²) in [5.74, 6) is -1.25. The standard InChI is InChI=1S/C15H16O3/c1-10(15(17)18)13-7-3-2-5-11(13)9-12-6-4-8-14(12)16/h2-7,10,12H,8-9H2,1H3,(H,17,18). The van der Waals surface area contributed by atoms with Crippen molar-refractivity contribution >= 4 is 11.8 Å². The molecule has 94 valence electrons. The molecule has 3 nitrogen and oxygen atoms in total. The molecule has 0 saturated carbocycles. The van der Waals surface area contributed by atoms with Crippen molar-refractivity contribution < 1.29 is 14.7 Å². The van der Waals surface area contributed by atoms with Gasteiger partial charge in [0.05, 0.1) is 5.92 Å². The summed E-state index contributed by atoms with van der Waals surface area (Å²) >= 11 is 0. The number of rotatable bonds is 4. The molecule has 0 spiro atoms. The fourth-order valence-corrected chi connectivity index (χ4v) is 2.30. The highest BCUT2D eigenvalue weighted by Gasteiger charge is 2.23. The first kappa shape index (κ1) is 12.6. The van der Waals surface area contributed by atoms with Crippen LogP contribution in [0.3, 0.4) is 0 Å². The summed E-state index contributed by atoms with van der Waals surface area (Å²) < 4.78 is 0. The van der Waals surface area contributed by atoms with Crippen LogP contribution in [-0.2, 0) is 16.0 Å². The maximum absolute atomic E-state index is 11.6. The molecule has 3 heteroatoms. The van der Waals surface area contributed by atoms with Crippen LogP contribution >= 0.6 is 0 Å². The monoisotopic (exact) mass is 244 g/mol. The van der Waals surface area contributed by atoms with Gasteiger partial charge in [-0.15, -0.1) is 0 Å². The first-order valence-electron chi connectivity index (χ1n) is 6.09. The molecule has 0 heterocycles. The smallest absolute Gasteiger partial charge is 0.310 e. The number of carboxylic acid groups (broad SMARTS) is 1. The minimum atomic E-state index is -0.837. The predicted octanol–water partition coefficient (Wildman–Crippen LogP) is 2.56. The maximum atomic E-state index is 11.6. The normalized spacial score (nSPS) is 20.1. The third-order valence-corrected chi connectivity index (χ3v) is 3.43. The number of hydrogen-bond acceptors (Lipinski definition) is 2. The molecule has 0 bridgehead atoms. The Balaban J connectivity index is 2.25. The molecule has 1 N–H and O–H groups in total. The van der Waals surface area contributed by atoms with Gasteiger partial charge in [-0.2, -0.15) is 0 Å². The number of Topliss-reactive ketones (excluding diaryl/α,β-unsaturated/α-hetero) is 1. The highest BCUT2D eigenvalue weighted by atomic mass is 16.4. The topological polar surface area (TPSA) is 54.4 Å². The fourth-order valence-electron chi connectivity index (χ4n) is 2.30. The zero-order chi connectivity index (χ0) is 13.1. The summed E-state index contributed by atoms with van der Waals surface area (Å²) in [5, 5.41) is 9.09. The number of carboxylic acids is 1. The van der Waals surface area contributed by atoms with Crippen molar-refractivity contribution in [2.75, 3.05) is 0 Å². The molecule has 1 aromatic rings. The van der Waals surface area contributed by atoms with Gasteiger partial charge in [0.2, 0.25) is 0 Å². The molecule has 0 saturated heterocycles. The van der Waals surface area contributed by atoms with Crippen LogP contribution in [-0.4, -0.2) is 16.9 Å². The molecule has 18 heavy (non-hydrogen) atoms. The Morgan fingerprint density at radius 1 is 1.44 bits per heavy atom. The van der Waals surface area contributed by atoms with Gasteiger partial charge >= 0.3 is 5.97 Å². The van der Waals surface area contributed by atoms with Gasteiger partial charge < -0.3 is 5.11 Å². The van der Waals surface area contributed by atoms with Gasteiger partial charge in [-0.05, 0) is 24.5 Å². The summed E-state index contributed by atoms with van der Waals surface area (Å²) in [4.78, 5) is 22.7. The van der Waals surface area contributed by atoms with E-state index in [1.165, 1.54) is 0 Å². The number of carbonyl (C=O) groups excluding carboxylic acids is 1. The average molecular weight is 244 g/mol. The van der Waals surface area contributed by atoms with Crippen LogP contribution in [0.4, 0.5) is 0 Å². The van der Waals surface area contributed by atoms with Crippen molar-refractivity contribution in [1.82, 2.24) is 0 Å². The van der Waals surface area contributed by atoms with E-state index in [0.29, 0.717) is 12.8 Å². The van der Waals surface area contributed by atoms with Crippen molar-refractivity contribution in [2.45, 2.75) is 25.7 Å². The van der Waals surface area contributed by atoms with E-state index in [-0.39, 0.29) is 11.7 Å². The largest absolute Gasteiger partial charge is 0.481 e. The minimum absolute atomic E-state index is 0.0906. The Morgan fingerprint density at radius 2 is 2.17 bits per heavy atom. The van der Waals surface area contributed by atoms with E-state index in [0.717, 1.165) is 11.1 Å². The van der Waals surface area contributed by atoms with Gasteiger partial charge in [0.1, 0.15) is 5.78 Å². The van der Waals surface area contributed by atoms with E-state index >= 15 is 0 Å². The van der Waals surface area contributed by atoms with Crippen LogP contribution in [0.25, 0.3) is 0 Å². The highest BCUT2D eigenvalue weighted by Crippen LogP contribution is 2.25. The molecule has 1 aromatic carbocycles. The number of ketones is 1. The molecule has 2 rings (SSSR count). The molecule has 0 fully saturated rings. The predicted molar refractivity (Wildman–Crippen MR) is 68.5 cm³/mol. The number of aliphatic carboxylic acids is 1. The van der Waals surface area contributed by atoms with E-state index in [4.69, 9.17) is 5.11 Å². The number of benzene rings is 1. The Kier molecular flexibility index (Phi) is 3.60. The van der Waals surface area contributed by atoms with Gasteiger partial charge in [0.25, 0.3) is 0 Å². The van der Waals surface area contributed by atoms with E-state index in [1.54, 1.807) is 6.92 Å². The summed E-state index contributed by atoms with van der Waals surface area (Å²) in [7, 11) is 0. The lowest BCUT2D eigenvalue weighted by Crippen LogP contribution is -2.14. The van der Waals surface area contributed by atoms with Crippen LogP contribution in [0.2, 0.25) is 0 Å². The van der Waals surface area contributed by atoms with Crippen molar-refractivity contribution in [1.29, 1.82) is 0 Å². The zero-order valence-electron chi connectivity index (χ0n) is 10.3. The van der Waals surface area contributed by atoms with Gasteiger partial charge in [-0.25, -0.2) is 0 Å². The second-order valence-corrected chi connectivity index (χ2v) is 4.67. The molecule has 1 aliphatic carbocycles. The number of allylic oxidation sites excluding steroid dienone is 2. The SMILES string of the molecule is CC(C(=O)O)c1ccccc1CC1C=CCC1=O. The maximum Gasteiger partial charge on any atom is 0.310 e. The van der Waals surface area contributed by atoms with Gasteiger partial charge in [-0.1, -0.05) is 36.4 Å².